The van der Waals surface area contributed by atoms with E-state index in [1.165, 1.54) is 12.1 Å². The van der Waals surface area contributed by atoms with Gasteiger partial charge in [-0.15, -0.1) is 0 Å². The summed E-state index contributed by atoms with van der Waals surface area (Å²) in [5.41, 5.74) is -0.183. The van der Waals surface area contributed by atoms with Crippen molar-refractivity contribution in [3.05, 3.63) is 35.6 Å². The summed E-state index contributed by atoms with van der Waals surface area (Å²) in [5.74, 6) is -0.438. The number of amides is 1. The predicted octanol–water partition coefficient (Wildman–Crippen LogP) is 3.46. The van der Waals surface area contributed by atoms with E-state index < -0.39 is 17.3 Å². The Hall–Kier alpha value is -1.66. The Morgan fingerprint density at radius 1 is 1.35 bits per heavy atom. The van der Waals surface area contributed by atoms with Gasteiger partial charge in [-0.05, 0) is 51.3 Å². The van der Waals surface area contributed by atoms with Crippen molar-refractivity contribution < 1.29 is 23.8 Å². The normalized spacial score (nSPS) is 29.7. The van der Waals surface area contributed by atoms with Crippen LogP contribution in [0.5, 0.6) is 0 Å². The number of likely N-dealkylation sites (tertiary alicyclic amines) is 1. The average Bonchev–Trinajstić information content (AvgIpc) is 2.54. The Kier molecular flexibility index (Phi) is 5.26. The van der Waals surface area contributed by atoms with Gasteiger partial charge in [0.05, 0.1) is 11.7 Å². The molecular formula is C20H28FNO4. The Bertz CT molecular complexity index is 642. The van der Waals surface area contributed by atoms with Crippen molar-refractivity contribution in [2.24, 2.45) is 0 Å². The fourth-order valence-electron chi connectivity index (χ4n) is 3.95. The van der Waals surface area contributed by atoms with Crippen molar-refractivity contribution in [2.45, 2.75) is 63.3 Å². The van der Waals surface area contributed by atoms with E-state index in [1.807, 2.05) is 20.8 Å². The van der Waals surface area contributed by atoms with Gasteiger partial charge in [0, 0.05) is 32.0 Å². The van der Waals surface area contributed by atoms with Gasteiger partial charge in [-0.1, -0.05) is 12.1 Å². The van der Waals surface area contributed by atoms with Crippen molar-refractivity contribution >= 4 is 6.09 Å². The molecule has 1 spiro atoms. The number of halogens is 1. The fourth-order valence-corrected chi connectivity index (χ4v) is 3.95. The highest BCUT2D eigenvalue weighted by atomic mass is 19.1. The minimum absolute atomic E-state index is 0.140. The number of hydrogen-bond acceptors (Lipinski definition) is 4. The second kappa shape index (κ2) is 7.16. The van der Waals surface area contributed by atoms with Crippen LogP contribution in [0.3, 0.4) is 0 Å². The minimum Gasteiger partial charge on any atom is -0.444 e. The van der Waals surface area contributed by atoms with E-state index in [0.29, 0.717) is 39.0 Å². The number of piperidine rings is 1. The minimum atomic E-state index is -0.560. The average molecular weight is 365 g/mol. The van der Waals surface area contributed by atoms with E-state index in [2.05, 4.69) is 0 Å². The zero-order valence-corrected chi connectivity index (χ0v) is 15.7. The summed E-state index contributed by atoms with van der Waals surface area (Å²) in [7, 11) is 0. The molecule has 0 bridgehead atoms. The van der Waals surface area contributed by atoms with Gasteiger partial charge in [0.2, 0.25) is 0 Å². The predicted molar refractivity (Wildman–Crippen MR) is 95.5 cm³/mol. The first-order valence-electron chi connectivity index (χ1n) is 9.24. The first-order valence-corrected chi connectivity index (χ1v) is 9.24. The first kappa shape index (κ1) is 19.1. The SMILES string of the molecule is CC(C)(C)OC(=O)N1CC[C@@]2(CC(O)CCO2)[C@@H](c2ccc(F)cc2)C1. The molecule has 2 fully saturated rings. The van der Waals surface area contributed by atoms with Gasteiger partial charge in [-0.25, -0.2) is 9.18 Å². The summed E-state index contributed by atoms with van der Waals surface area (Å²) < 4.78 is 25.1. The van der Waals surface area contributed by atoms with E-state index in [1.54, 1.807) is 17.0 Å². The number of aliphatic hydroxyl groups excluding tert-OH is 1. The van der Waals surface area contributed by atoms with E-state index in [-0.39, 0.29) is 17.8 Å². The lowest BCUT2D eigenvalue weighted by Crippen LogP contribution is -2.57. The molecule has 0 saturated carbocycles. The lowest BCUT2D eigenvalue weighted by molar-refractivity contribution is -0.153. The molecule has 3 atom stereocenters. The molecule has 1 N–H and O–H groups in total. The van der Waals surface area contributed by atoms with Crippen molar-refractivity contribution in [2.75, 3.05) is 19.7 Å². The molecule has 0 aliphatic carbocycles. The topological polar surface area (TPSA) is 59.0 Å². The van der Waals surface area contributed by atoms with Crippen LogP contribution in [0.25, 0.3) is 0 Å². The molecule has 26 heavy (non-hydrogen) atoms. The van der Waals surface area contributed by atoms with Crippen LogP contribution in [0.2, 0.25) is 0 Å². The summed E-state index contributed by atoms with van der Waals surface area (Å²) >= 11 is 0. The molecule has 0 radical (unpaired) electrons. The maximum Gasteiger partial charge on any atom is 0.410 e. The second-order valence-corrected chi connectivity index (χ2v) is 8.34. The van der Waals surface area contributed by atoms with Crippen molar-refractivity contribution in [1.29, 1.82) is 0 Å². The Morgan fingerprint density at radius 2 is 2.04 bits per heavy atom. The van der Waals surface area contributed by atoms with Crippen LogP contribution >= 0.6 is 0 Å². The van der Waals surface area contributed by atoms with E-state index in [9.17, 15) is 14.3 Å². The molecule has 1 amide bonds. The molecule has 1 unspecified atom stereocenters. The standard InChI is InChI=1S/C20H28FNO4/c1-19(2,3)26-18(24)22-10-9-20(12-16(23)8-11-25-20)17(13-22)14-4-6-15(21)7-5-14/h4-7,16-17,23H,8-13H2,1-3H3/t16?,17-,20-/m1/s1. The van der Waals surface area contributed by atoms with Gasteiger partial charge >= 0.3 is 6.09 Å². The monoisotopic (exact) mass is 365 g/mol. The Balaban J connectivity index is 1.86. The summed E-state index contributed by atoms with van der Waals surface area (Å²) in [4.78, 5) is 14.2. The zero-order valence-electron chi connectivity index (χ0n) is 15.7. The van der Waals surface area contributed by atoms with E-state index in [4.69, 9.17) is 9.47 Å². The molecule has 6 heteroatoms. The molecule has 2 saturated heterocycles. The maximum atomic E-state index is 13.4. The van der Waals surface area contributed by atoms with Crippen LogP contribution in [0.1, 0.15) is 51.5 Å². The third-order valence-corrected chi connectivity index (χ3v) is 5.19. The molecule has 5 nitrogen and oxygen atoms in total. The zero-order chi connectivity index (χ0) is 18.9. The van der Waals surface area contributed by atoms with E-state index in [0.717, 1.165) is 5.56 Å². The van der Waals surface area contributed by atoms with Crippen molar-refractivity contribution in [3.63, 3.8) is 0 Å². The summed E-state index contributed by atoms with van der Waals surface area (Å²) in [6.07, 6.45) is 0.992. The number of rotatable bonds is 1. The first-order chi connectivity index (χ1) is 12.2. The number of aliphatic hydroxyl groups is 1. The largest absolute Gasteiger partial charge is 0.444 e. The van der Waals surface area contributed by atoms with Crippen LogP contribution in [0.4, 0.5) is 9.18 Å². The quantitative estimate of drug-likeness (QED) is 0.828. The highest BCUT2D eigenvalue weighted by Gasteiger charge is 2.49. The lowest BCUT2D eigenvalue weighted by atomic mass is 9.72. The number of hydrogen-bond donors (Lipinski definition) is 1. The Labute approximate surface area is 154 Å². The molecule has 0 aromatic heterocycles. The number of carbonyl (C=O) groups is 1. The van der Waals surface area contributed by atoms with Gasteiger partial charge in [0.1, 0.15) is 11.4 Å². The maximum absolute atomic E-state index is 13.4. The number of benzene rings is 1. The van der Waals surface area contributed by atoms with Gasteiger partial charge in [-0.2, -0.15) is 0 Å². The summed E-state index contributed by atoms with van der Waals surface area (Å²) in [6.45, 7) is 6.95. The van der Waals surface area contributed by atoms with Crippen molar-refractivity contribution in [1.82, 2.24) is 4.90 Å². The molecule has 1 aromatic rings. The Morgan fingerprint density at radius 3 is 2.65 bits per heavy atom. The van der Waals surface area contributed by atoms with Crippen LogP contribution in [-0.4, -0.2) is 53.1 Å². The fraction of sp³-hybridized carbons (Fsp3) is 0.650. The molecule has 2 heterocycles. The molecule has 2 aliphatic rings. The molecule has 2 aliphatic heterocycles. The van der Waals surface area contributed by atoms with Crippen molar-refractivity contribution in [3.8, 4) is 0 Å². The van der Waals surface area contributed by atoms with Gasteiger partial charge in [0.15, 0.2) is 0 Å². The van der Waals surface area contributed by atoms with Crippen LogP contribution in [-0.2, 0) is 9.47 Å². The van der Waals surface area contributed by atoms with Crippen LogP contribution in [0.15, 0.2) is 24.3 Å². The molecule has 1 aromatic carbocycles. The number of nitrogens with zero attached hydrogens (tertiary/aromatic N) is 1. The third kappa shape index (κ3) is 4.18. The van der Waals surface area contributed by atoms with Gasteiger partial charge in [0.25, 0.3) is 0 Å². The van der Waals surface area contributed by atoms with Crippen LogP contribution in [0, 0.1) is 5.82 Å². The summed E-state index contributed by atoms with van der Waals surface area (Å²) in [5, 5.41) is 10.2. The highest BCUT2D eigenvalue weighted by Crippen LogP contribution is 2.44. The lowest BCUT2D eigenvalue weighted by Gasteiger charge is -2.50. The molecular weight excluding hydrogens is 337 g/mol. The number of ether oxygens (including phenoxy) is 2. The third-order valence-electron chi connectivity index (χ3n) is 5.19. The van der Waals surface area contributed by atoms with E-state index >= 15 is 0 Å². The molecule has 3 rings (SSSR count). The number of carbonyl (C=O) groups excluding carboxylic acids is 1. The smallest absolute Gasteiger partial charge is 0.410 e. The highest BCUT2D eigenvalue weighted by molar-refractivity contribution is 5.68. The second-order valence-electron chi connectivity index (χ2n) is 8.34. The van der Waals surface area contributed by atoms with Gasteiger partial charge in [-0.3, -0.25) is 0 Å². The van der Waals surface area contributed by atoms with Gasteiger partial charge < -0.3 is 19.5 Å². The summed E-state index contributed by atoms with van der Waals surface area (Å²) in [6, 6.07) is 6.33. The van der Waals surface area contributed by atoms with Crippen LogP contribution < -0.4 is 0 Å². The molecule has 144 valence electrons.